The molecule has 0 saturated carbocycles. The van der Waals surface area contributed by atoms with Gasteiger partial charge in [0.15, 0.2) is 11.5 Å². The van der Waals surface area contributed by atoms with Crippen LogP contribution in [0.5, 0.6) is 17.2 Å². The lowest BCUT2D eigenvalue weighted by molar-refractivity contribution is 0.0695. The Labute approximate surface area is 110 Å². The molecule has 1 aliphatic rings. The molecule has 98 valence electrons. The summed E-state index contributed by atoms with van der Waals surface area (Å²) in [7, 11) is 0. The lowest BCUT2D eigenvalue weighted by Gasteiger charge is -2.27. The van der Waals surface area contributed by atoms with Gasteiger partial charge in [0.05, 0.1) is 6.61 Å². The van der Waals surface area contributed by atoms with E-state index < -0.39 is 0 Å². The fraction of sp³-hybridized carbons (Fsp3) is 0.200. The van der Waals surface area contributed by atoms with Gasteiger partial charge in [0.1, 0.15) is 11.9 Å². The third-order valence-electron chi connectivity index (χ3n) is 3.37. The van der Waals surface area contributed by atoms with E-state index in [0.717, 1.165) is 16.7 Å². The first-order chi connectivity index (χ1) is 9.15. The number of hydrogen-bond acceptors (Lipinski definition) is 4. The zero-order chi connectivity index (χ0) is 13.4. The summed E-state index contributed by atoms with van der Waals surface area (Å²) in [6.45, 7) is 0.558. The molecule has 4 heteroatoms. The Morgan fingerprint density at radius 2 is 1.63 bits per heavy atom. The smallest absolute Gasteiger partial charge is 0.157 e. The molecule has 0 amide bonds. The number of benzene rings is 2. The molecular weight excluding hydrogens is 244 g/mol. The maximum absolute atomic E-state index is 9.64. The van der Waals surface area contributed by atoms with E-state index >= 15 is 0 Å². The van der Waals surface area contributed by atoms with Crippen LogP contribution in [0.15, 0.2) is 36.4 Å². The number of phenols is 3. The minimum atomic E-state index is -0.282. The highest BCUT2D eigenvalue weighted by Crippen LogP contribution is 2.38. The Hall–Kier alpha value is -2.20. The Morgan fingerprint density at radius 1 is 0.947 bits per heavy atom. The van der Waals surface area contributed by atoms with Gasteiger partial charge in [-0.25, -0.2) is 0 Å². The third kappa shape index (κ3) is 2.11. The van der Waals surface area contributed by atoms with Crippen molar-refractivity contribution < 1.29 is 20.1 Å². The highest BCUT2D eigenvalue weighted by atomic mass is 16.5. The standard InChI is InChI=1S/C15H14O4/c16-11-3-1-9(2-4-11)15-12-8-14(18)13(17)7-10(12)5-6-19-15/h1-4,7-8,15-18H,5-6H2. The van der Waals surface area contributed by atoms with Crippen LogP contribution in [0.3, 0.4) is 0 Å². The van der Waals surface area contributed by atoms with Crippen LogP contribution in [0.25, 0.3) is 0 Å². The third-order valence-corrected chi connectivity index (χ3v) is 3.37. The number of hydrogen-bond donors (Lipinski definition) is 3. The minimum absolute atomic E-state index is 0.106. The SMILES string of the molecule is Oc1ccc(C2OCCc3cc(O)c(O)cc32)cc1. The van der Waals surface area contributed by atoms with Gasteiger partial charge in [0.2, 0.25) is 0 Å². The van der Waals surface area contributed by atoms with Crippen LogP contribution in [-0.2, 0) is 11.2 Å². The molecule has 2 aromatic rings. The molecule has 0 aromatic heterocycles. The van der Waals surface area contributed by atoms with E-state index in [1.165, 1.54) is 0 Å². The van der Waals surface area contributed by atoms with Crippen molar-refractivity contribution in [1.29, 1.82) is 0 Å². The summed E-state index contributed by atoms with van der Waals surface area (Å²) >= 11 is 0. The average molecular weight is 258 g/mol. The van der Waals surface area contributed by atoms with Gasteiger partial charge in [-0.15, -0.1) is 0 Å². The van der Waals surface area contributed by atoms with E-state index in [2.05, 4.69) is 0 Å². The molecule has 19 heavy (non-hydrogen) atoms. The first-order valence-electron chi connectivity index (χ1n) is 6.10. The average Bonchev–Trinajstić information content (AvgIpc) is 2.41. The normalized spacial score (nSPS) is 18.0. The molecule has 1 unspecified atom stereocenters. The van der Waals surface area contributed by atoms with Crippen molar-refractivity contribution >= 4 is 0 Å². The second-order valence-corrected chi connectivity index (χ2v) is 4.63. The van der Waals surface area contributed by atoms with Crippen LogP contribution in [0, 0.1) is 0 Å². The van der Waals surface area contributed by atoms with Gasteiger partial charge in [-0.1, -0.05) is 12.1 Å². The molecular formula is C15H14O4. The highest BCUT2D eigenvalue weighted by molar-refractivity contribution is 5.49. The van der Waals surface area contributed by atoms with Crippen molar-refractivity contribution in [3.05, 3.63) is 53.1 Å². The molecule has 1 atom stereocenters. The minimum Gasteiger partial charge on any atom is -0.508 e. The lowest BCUT2D eigenvalue weighted by atomic mass is 9.92. The predicted molar refractivity (Wildman–Crippen MR) is 69.4 cm³/mol. The quantitative estimate of drug-likeness (QED) is 0.687. The van der Waals surface area contributed by atoms with Gasteiger partial charge in [-0.2, -0.15) is 0 Å². The maximum Gasteiger partial charge on any atom is 0.157 e. The van der Waals surface area contributed by atoms with Crippen molar-refractivity contribution in [2.45, 2.75) is 12.5 Å². The fourth-order valence-electron chi connectivity index (χ4n) is 2.40. The molecule has 2 aromatic carbocycles. The van der Waals surface area contributed by atoms with Crippen molar-refractivity contribution in [2.24, 2.45) is 0 Å². The molecule has 3 N–H and O–H groups in total. The largest absolute Gasteiger partial charge is 0.508 e. The van der Waals surface area contributed by atoms with Gasteiger partial charge in [-0.05, 0) is 47.4 Å². The van der Waals surface area contributed by atoms with Crippen LogP contribution in [-0.4, -0.2) is 21.9 Å². The molecule has 0 saturated heterocycles. The van der Waals surface area contributed by atoms with E-state index in [0.29, 0.717) is 13.0 Å². The Kier molecular flexibility index (Phi) is 2.80. The second-order valence-electron chi connectivity index (χ2n) is 4.63. The molecule has 0 radical (unpaired) electrons. The van der Waals surface area contributed by atoms with Crippen LogP contribution in [0.4, 0.5) is 0 Å². The number of ether oxygens (including phenoxy) is 1. The van der Waals surface area contributed by atoms with Gasteiger partial charge in [0, 0.05) is 0 Å². The summed E-state index contributed by atoms with van der Waals surface area (Å²) < 4.78 is 5.75. The van der Waals surface area contributed by atoms with E-state index in [1.54, 1.807) is 36.4 Å². The Bertz CT molecular complexity index is 604. The molecule has 0 fully saturated rings. The molecule has 1 heterocycles. The van der Waals surface area contributed by atoms with E-state index in [1.807, 2.05) is 0 Å². The number of fused-ring (bicyclic) bond motifs is 1. The molecule has 0 spiro atoms. The molecule has 3 rings (SSSR count). The Morgan fingerprint density at radius 3 is 2.37 bits per heavy atom. The van der Waals surface area contributed by atoms with Crippen molar-refractivity contribution in [3.8, 4) is 17.2 Å². The van der Waals surface area contributed by atoms with Crippen molar-refractivity contribution in [1.82, 2.24) is 0 Å². The van der Waals surface area contributed by atoms with Crippen LogP contribution in [0.2, 0.25) is 0 Å². The van der Waals surface area contributed by atoms with E-state index in [9.17, 15) is 15.3 Å². The molecule has 1 aliphatic heterocycles. The van der Waals surface area contributed by atoms with Crippen molar-refractivity contribution in [3.63, 3.8) is 0 Å². The molecule has 0 bridgehead atoms. The summed E-state index contributed by atoms with van der Waals surface area (Å²) in [4.78, 5) is 0. The molecule has 0 aliphatic carbocycles. The monoisotopic (exact) mass is 258 g/mol. The summed E-state index contributed by atoms with van der Waals surface area (Å²) in [5, 5.41) is 28.5. The predicted octanol–water partition coefficient (Wildman–Crippen LogP) is 2.47. The second kappa shape index (κ2) is 4.48. The number of phenolic OH excluding ortho intramolecular Hbond substituents is 3. The zero-order valence-electron chi connectivity index (χ0n) is 10.2. The first-order valence-corrected chi connectivity index (χ1v) is 6.10. The van der Waals surface area contributed by atoms with Gasteiger partial charge in [-0.3, -0.25) is 0 Å². The zero-order valence-corrected chi connectivity index (χ0v) is 10.2. The van der Waals surface area contributed by atoms with Gasteiger partial charge >= 0.3 is 0 Å². The van der Waals surface area contributed by atoms with Crippen molar-refractivity contribution in [2.75, 3.05) is 6.61 Å². The van der Waals surface area contributed by atoms with Crippen LogP contribution >= 0.6 is 0 Å². The Balaban J connectivity index is 2.07. The number of aromatic hydroxyl groups is 3. The summed E-state index contributed by atoms with van der Waals surface area (Å²) in [6, 6.07) is 9.92. The van der Waals surface area contributed by atoms with Crippen LogP contribution < -0.4 is 0 Å². The van der Waals surface area contributed by atoms with Gasteiger partial charge in [0.25, 0.3) is 0 Å². The lowest BCUT2D eigenvalue weighted by Crippen LogP contribution is -2.17. The molecule has 4 nitrogen and oxygen atoms in total. The summed E-state index contributed by atoms with van der Waals surface area (Å²) in [5.41, 5.74) is 2.73. The first kappa shape index (κ1) is 11.9. The summed E-state index contributed by atoms with van der Waals surface area (Å²) in [5.74, 6) is -0.0496. The van der Waals surface area contributed by atoms with Crippen LogP contribution in [0.1, 0.15) is 22.8 Å². The van der Waals surface area contributed by atoms with E-state index in [-0.39, 0.29) is 23.4 Å². The number of rotatable bonds is 1. The fourth-order valence-corrected chi connectivity index (χ4v) is 2.40. The summed E-state index contributed by atoms with van der Waals surface area (Å²) in [6.07, 6.45) is 0.424. The maximum atomic E-state index is 9.64. The highest BCUT2D eigenvalue weighted by Gasteiger charge is 2.24. The topological polar surface area (TPSA) is 69.9 Å². The van der Waals surface area contributed by atoms with E-state index in [4.69, 9.17) is 4.74 Å². The van der Waals surface area contributed by atoms with Gasteiger partial charge < -0.3 is 20.1 Å².